The smallest absolute Gasteiger partial charge is 0.330 e. The van der Waals surface area contributed by atoms with Gasteiger partial charge in [-0.05, 0) is 18.2 Å². The van der Waals surface area contributed by atoms with E-state index >= 15 is 0 Å². The quantitative estimate of drug-likeness (QED) is 0.742. The molecule has 0 unspecified atom stereocenters. The van der Waals surface area contributed by atoms with Crippen LogP contribution < -0.4 is 10.1 Å². The maximum atomic E-state index is 13.4. The largest absolute Gasteiger partial charge is 0.494 e. The molecule has 1 aromatic carbocycles. The Balaban J connectivity index is 2.83. The van der Waals surface area contributed by atoms with E-state index in [2.05, 4.69) is 10.1 Å². The van der Waals surface area contributed by atoms with Crippen molar-refractivity contribution >= 4 is 11.9 Å². The summed E-state index contributed by atoms with van der Waals surface area (Å²) in [5.74, 6) is -2.19. The second-order valence-electron chi connectivity index (χ2n) is 3.58. The molecule has 19 heavy (non-hydrogen) atoms. The Morgan fingerprint density at radius 2 is 2.11 bits per heavy atom. The summed E-state index contributed by atoms with van der Waals surface area (Å²) >= 11 is 0. The minimum atomic E-state index is -1.19. The second kappa shape index (κ2) is 6.69. The number of methoxy groups -OCH3 is 2. The zero-order chi connectivity index (χ0) is 14.4. The number of halogens is 1. The number of amides is 1. The van der Waals surface area contributed by atoms with Crippen molar-refractivity contribution in [2.45, 2.75) is 6.04 Å². The van der Waals surface area contributed by atoms with Crippen LogP contribution in [0.4, 0.5) is 4.39 Å². The third kappa shape index (κ3) is 3.65. The predicted molar refractivity (Wildman–Crippen MR) is 63.3 cm³/mol. The average Bonchev–Trinajstić information content (AvgIpc) is 2.43. The summed E-state index contributed by atoms with van der Waals surface area (Å²) in [4.78, 5) is 22.9. The molecule has 0 aromatic heterocycles. The third-order valence-corrected chi connectivity index (χ3v) is 2.39. The summed E-state index contributed by atoms with van der Waals surface area (Å²) in [6.07, 6.45) is 0. The monoisotopic (exact) mass is 271 g/mol. The number of benzene rings is 1. The van der Waals surface area contributed by atoms with Gasteiger partial charge in [0.2, 0.25) is 0 Å². The van der Waals surface area contributed by atoms with Crippen molar-refractivity contribution in [2.75, 3.05) is 20.8 Å². The van der Waals surface area contributed by atoms with Crippen LogP contribution in [0.3, 0.4) is 0 Å². The first-order chi connectivity index (χ1) is 9.03. The highest BCUT2D eigenvalue weighted by Gasteiger charge is 2.21. The lowest BCUT2D eigenvalue weighted by Crippen LogP contribution is -2.44. The average molecular weight is 271 g/mol. The van der Waals surface area contributed by atoms with Gasteiger partial charge >= 0.3 is 5.97 Å². The van der Waals surface area contributed by atoms with Crippen molar-refractivity contribution in [2.24, 2.45) is 0 Å². The fraction of sp³-hybridized carbons (Fsp3) is 0.333. The van der Waals surface area contributed by atoms with Crippen LogP contribution >= 0.6 is 0 Å². The van der Waals surface area contributed by atoms with Crippen LogP contribution in [0.1, 0.15) is 10.4 Å². The molecule has 0 spiro atoms. The van der Waals surface area contributed by atoms with E-state index in [1.165, 1.54) is 19.2 Å². The van der Waals surface area contributed by atoms with Gasteiger partial charge in [-0.15, -0.1) is 0 Å². The van der Waals surface area contributed by atoms with E-state index in [9.17, 15) is 14.0 Å². The van der Waals surface area contributed by atoms with Gasteiger partial charge in [-0.3, -0.25) is 4.79 Å². The number of ether oxygens (including phenoxy) is 2. The normalized spacial score (nSPS) is 11.6. The lowest BCUT2D eigenvalue weighted by molar-refractivity contribution is -0.143. The predicted octanol–water partition coefficient (Wildman–Crippen LogP) is 0.0980. The van der Waals surface area contributed by atoms with Crippen molar-refractivity contribution in [1.29, 1.82) is 0 Å². The molecule has 0 saturated heterocycles. The van der Waals surface area contributed by atoms with E-state index in [1.807, 2.05) is 0 Å². The number of aliphatic hydroxyl groups excluding tert-OH is 1. The van der Waals surface area contributed by atoms with Crippen LogP contribution in [-0.2, 0) is 9.53 Å². The van der Waals surface area contributed by atoms with Gasteiger partial charge in [0.05, 0.1) is 20.8 Å². The molecular weight excluding hydrogens is 257 g/mol. The first-order valence-corrected chi connectivity index (χ1v) is 5.36. The number of hydrogen-bond acceptors (Lipinski definition) is 5. The maximum Gasteiger partial charge on any atom is 0.330 e. The molecule has 0 aliphatic carbocycles. The number of esters is 1. The molecule has 0 fully saturated rings. The van der Waals surface area contributed by atoms with Crippen LogP contribution in [0, 0.1) is 5.82 Å². The van der Waals surface area contributed by atoms with Gasteiger partial charge in [0, 0.05) is 5.56 Å². The first-order valence-electron chi connectivity index (χ1n) is 5.36. The topological polar surface area (TPSA) is 84.9 Å². The van der Waals surface area contributed by atoms with Gasteiger partial charge < -0.3 is 19.9 Å². The molecule has 2 N–H and O–H groups in total. The molecule has 1 aromatic rings. The Labute approximate surface area is 109 Å². The van der Waals surface area contributed by atoms with Crippen molar-refractivity contribution in [3.8, 4) is 5.75 Å². The van der Waals surface area contributed by atoms with Crippen LogP contribution in [-0.4, -0.2) is 43.9 Å². The molecule has 0 radical (unpaired) electrons. The highest BCUT2D eigenvalue weighted by atomic mass is 19.1. The zero-order valence-electron chi connectivity index (χ0n) is 10.5. The number of carbonyl (C=O) groups is 2. The molecular formula is C12H14FNO5. The molecule has 0 aliphatic rings. The number of carbonyl (C=O) groups excluding carboxylic acids is 2. The SMILES string of the molecule is COC(=O)[C@@H](CO)NC(=O)c1ccc(OC)c(F)c1. The molecule has 104 valence electrons. The number of nitrogens with one attached hydrogen (secondary N) is 1. The van der Waals surface area contributed by atoms with Gasteiger partial charge in [-0.25, -0.2) is 9.18 Å². The summed E-state index contributed by atoms with van der Waals surface area (Å²) in [5, 5.41) is 11.2. The van der Waals surface area contributed by atoms with E-state index in [0.29, 0.717) is 0 Å². The summed E-state index contributed by atoms with van der Waals surface area (Å²) < 4.78 is 22.5. The molecule has 0 saturated carbocycles. The lowest BCUT2D eigenvalue weighted by atomic mass is 10.2. The van der Waals surface area contributed by atoms with E-state index in [-0.39, 0.29) is 11.3 Å². The Morgan fingerprint density at radius 1 is 1.42 bits per heavy atom. The third-order valence-electron chi connectivity index (χ3n) is 2.39. The zero-order valence-corrected chi connectivity index (χ0v) is 10.5. The minimum absolute atomic E-state index is 0.000605. The van der Waals surface area contributed by atoms with Gasteiger partial charge in [-0.2, -0.15) is 0 Å². The standard InChI is InChI=1S/C12H14FNO5/c1-18-10-4-3-7(5-8(10)13)11(16)14-9(6-15)12(17)19-2/h3-5,9,15H,6H2,1-2H3,(H,14,16)/t9-/m1/s1. The van der Waals surface area contributed by atoms with E-state index in [0.717, 1.165) is 13.2 Å². The van der Waals surface area contributed by atoms with Crippen molar-refractivity contribution < 1.29 is 28.6 Å². The number of rotatable bonds is 5. The summed E-state index contributed by atoms with van der Waals surface area (Å²) in [5.41, 5.74) is 0.000605. The highest BCUT2D eigenvalue weighted by molar-refractivity contribution is 5.96. The molecule has 0 bridgehead atoms. The molecule has 0 heterocycles. The van der Waals surface area contributed by atoms with Crippen molar-refractivity contribution in [3.05, 3.63) is 29.6 Å². The van der Waals surface area contributed by atoms with Crippen LogP contribution in [0.25, 0.3) is 0 Å². The lowest BCUT2D eigenvalue weighted by Gasteiger charge is -2.14. The van der Waals surface area contributed by atoms with Crippen molar-refractivity contribution in [3.63, 3.8) is 0 Å². The Hall–Kier alpha value is -2.15. The Morgan fingerprint density at radius 3 is 2.58 bits per heavy atom. The molecule has 7 heteroatoms. The maximum absolute atomic E-state index is 13.4. The molecule has 1 atom stereocenters. The summed E-state index contributed by atoms with van der Waals surface area (Å²) in [6.45, 7) is -0.614. The summed E-state index contributed by atoms with van der Waals surface area (Å²) in [7, 11) is 2.43. The minimum Gasteiger partial charge on any atom is -0.494 e. The van der Waals surface area contributed by atoms with E-state index < -0.39 is 30.3 Å². The van der Waals surface area contributed by atoms with E-state index in [4.69, 9.17) is 9.84 Å². The Bertz CT molecular complexity index is 477. The molecule has 6 nitrogen and oxygen atoms in total. The van der Waals surface area contributed by atoms with Gasteiger partial charge in [0.15, 0.2) is 17.6 Å². The molecule has 1 amide bonds. The number of hydrogen-bond donors (Lipinski definition) is 2. The fourth-order valence-electron chi connectivity index (χ4n) is 1.37. The Kier molecular flexibility index (Phi) is 5.25. The molecule has 0 aliphatic heterocycles. The van der Waals surface area contributed by atoms with Gasteiger partial charge in [0.25, 0.3) is 5.91 Å². The highest BCUT2D eigenvalue weighted by Crippen LogP contribution is 2.17. The molecule has 1 rings (SSSR count). The van der Waals surface area contributed by atoms with Gasteiger partial charge in [0.1, 0.15) is 0 Å². The van der Waals surface area contributed by atoms with Crippen LogP contribution in [0.2, 0.25) is 0 Å². The van der Waals surface area contributed by atoms with Crippen LogP contribution in [0.5, 0.6) is 5.75 Å². The first kappa shape index (κ1) is 14.9. The van der Waals surface area contributed by atoms with Crippen LogP contribution in [0.15, 0.2) is 18.2 Å². The van der Waals surface area contributed by atoms with E-state index in [1.54, 1.807) is 0 Å². The fourth-order valence-corrected chi connectivity index (χ4v) is 1.37. The van der Waals surface area contributed by atoms with Gasteiger partial charge in [-0.1, -0.05) is 0 Å². The second-order valence-corrected chi connectivity index (χ2v) is 3.58. The number of aliphatic hydroxyl groups is 1. The van der Waals surface area contributed by atoms with Crippen molar-refractivity contribution in [1.82, 2.24) is 5.32 Å². The summed E-state index contributed by atoms with van der Waals surface area (Å²) in [6, 6.07) is 2.40.